The van der Waals surface area contributed by atoms with Gasteiger partial charge in [-0.25, -0.2) is 4.98 Å². The van der Waals surface area contributed by atoms with Gasteiger partial charge in [0.15, 0.2) is 0 Å². The number of rotatable bonds is 4. The predicted octanol–water partition coefficient (Wildman–Crippen LogP) is 2.17. The highest BCUT2D eigenvalue weighted by molar-refractivity contribution is 5.06. The van der Waals surface area contributed by atoms with E-state index in [0.29, 0.717) is 12.5 Å². The first-order valence-corrected chi connectivity index (χ1v) is 6.97. The van der Waals surface area contributed by atoms with Gasteiger partial charge >= 0.3 is 0 Å². The molecule has 100 valence electrons. The Hall–Kier alpha value is -1.16. The summed E-state index contributed by atoms with van der Waals surface area (Å²) < 4.78 is 0. The van der Waals surface area contributed by atoms with Crippen LogP contribution < -0.4 is 10.9 Å². The number of nitrogens with zero attached hydrogens (tertiary/aromatic N) is 1. The van der Waals surface area contributed by atoms with Gasteiger partial charge in [0.2, 0.25) is 0 Å². The molecule has 1 fully saturated rings. The van der Waals surface area contributed by atoms with Crippen LogP contribution in [0.2, 0.25) is 0 Å². The molecule has 1 aliphatic carbocycles. The third-order valence-corrected chi connectivity index (χ3v) is 3.98. The minimum Gasteiger partial charge on any atom is -0.314 e. The normalized spacial score (nSPS) is 24.1. The van der Waals surface area contributed by atoms with Crippen molar-refractivity contribution in [1.82, 2.24) is 15.3 Å². The van der Waals surface area contributed by atoms with E-state index >= 15 is 0 Å². The van der Waals surface area contributed by atoms with Gasteiger partial charge in [-0.15, -0.1) is 0 Å². The van der Waals surface area contributed by atoms with Gasteiger partial charge < -0.3 is 10.3 Å². The molecular formula is C14H23N3O. The van der Waals surface area contributed by atoms with Gasteiger partial charge in [-0.3, -0.25) is 4.79 Å². The van der Waals surface area contributed by atoms with Crippen LogP contribution in [0.4, 0.5) is 0 Å². The molecule has 0 unspecified atom stereocenters. The number of hydrogen-bond acceptors (Lipinski definition) is 3. The second-order valence-corrected chi connectivity index (χ2v) is 5.28. The topological polar surface area (TPSA) is 57.8 Å². The Morgan fingerprint density at radius 2 is 2.11 bits per heavy atom. The van der Waals surface area contributed by atoms with E-state index in [1.165, 1.54) is 19.3 Å². The van der Waals surface area contributed by atoms with E-state index < -0.39 is 0 Å². The molecule has 0 spiro atoms. The Labute approximate surface area is 108 Å². The van der Waals surface area contributed by atoms with E-state index in [2.05, 4.69) is 22.2 Å². The molecule has 0 atom stereocenters. The summed E-state index contributed by atoms with van der Waals surface area (Å²) in [6.45, 7) is 2.92. The fraction of sp³-hybridized carbons (Fsp3) is 0.714. The highest BCUT2D eigenvalue weighted by atomic mass is 16.1. The lowest BCUT2D eigenvalue weighted by atomic mass is 9.80. The smallest absolute Gasteiger partial charge is 0.251 e. The lowest BCUT2D eigenvalue weighted by Crippen LogP contribution is -2.21. The fourth-order valence-electron chi connectivity index (χ4n) is 2.84. The molecule has 1 heterocycles. The van der Waals surface area contributed by atoms with Crippen molar-refractivity contribution in [1.29, 1.82) is 0 Å². The summed E-state index contributed by atoms with van der Waals surface area (Å²) in [5.41, 5.74) is 0.816. The van der Waals surface area contributed by atoms with E-state index in [9.17, 15) is 4.79 Å². The minimum absolute atomic E-state index is 0.0251. The molecule has 0 aromatic carbocycles. The summed E-state index contributed by atoms with van der Waals surface area (Å²) in [6, 6.07) is 1.58. The van der Waals surface area contributed by atoms with Gasteiger partial charge in [-0.1, -0.05) is 13.3 Å². The monoisotopic (exact) mass is 249 g/mol. The van der Waals surface area contributed by atoms with Crippen molar-refractivity contribution in [2.75, 3.05) is 7.05 Å². The molecule has 4 heteroatoms. The molecule has 1 saturated carbocycles. The third-order valence-electron chi connectivity index (χ3n) is 3.98. The van der Waals surface area contributed by atoms with Gasteiger partial charge in [0.25, 0.3) is 5.56 Å². The van der Waals surface area contributed by atoms with Crippen LogP contribution in [0, 0.1) is 5.92 Å². The molecule has 18 heavy (non-hydrogen) atoms. The van der Waals surface area contributed by atoms with Crippen molar-refractivity contribution in [2.45, 2.75) is 51.5 Å². The Bertz CT molecular complexity index is 433. The van der Waals surface area contributed by atoms with Gasteiger partial charge in [-0.05, 0) is 38.6 Å². The van der Waals surface area contributed by atoms with Crippen LogP contribution >= 0.6 is 0 Å². The Balaban J connectivity index is 2.11. The average Bonchev–Trinajstić information content (AvgIpc) is 2.38. The molecule has 0 bridgehead atoms. The quantitative estimate of drug-likeness (QED) is 0.860. The number of aromatic nitrogens is 2. The average molecular weight is 249 g/mol. The first-order chi connectivity index (χ1) is 8.72. The molecule has 0 amide bonds. The van der Waals surface area contributed by atoms with Gasteiger partial charge in [0.05, 0.1) is 5.69 Å². The van der Waals surface area contributed by atoms with Crippen LogP contribution in [-0.2, 0) is 6.54 Å². The zero-order valence-corrected chi connectivity index (χ0v) is 11.3. The predicted molar refractivity (Wildman–Crippen MR) is 72.6 cm³/mol. The highest BCUT2D eigenvalue weighted by Crippen LogP contribution is 2.35. The summed E-state index contributed by atoms with van der Waals surface area (Å²) in [6.07, 6.45) is 6.12. The number of H-pyrrole nitrogens is 1. The van der Waals surface area contributed by atoms with Crippen molar-refractivity contribution in [2.24, 2.45) is 5.92 Å². The molecule has 1 aromatic heterocycles. The van der Waals surface area contributed by atoms with Crippen LogP contribution in [0.1, 0.15) is 56.5 Å². The molecule has 4 nitrogen and oxygen atoms in total. The second-order valence-electron chi connectivity index (χ2n) is 5.28. The summed E-state index contributed by atoms with van der Waals surface area (Å²) in [7, 11) is 1.87. The maximum Gasteiger partial charge on any atom is 0.251 e. The molecule has 0 radical (unpaired) electrons. The first-order valence-electron chi connectivity index (χ1n) is 6.97. The molecule has 1 aromatic rings. The lowest BCUT2D eigenvalue weighted by molar-refractivity contribution is 0.311. The Morgan fingerprint density at radius 3 is 2.72 bits per heavy atom. The molecule has 2 N–H and O–H groups in total. The Kier molecular flexibility index (Phi) is 4.53. The van der Waals surface area contributed by atoms with Crippen LogP contribution in [0.25, 0.3) is 0 Å². The van der Waals surface area contributed by atoms with E-state index in [1.54, 1.807) is 6.07 Å². The summed E-state index contributed by atoms with van der Waals surface area (Å²) in [4.78, 5) is 19.1. The maximum absolute atomic E-state index is 11.6. The Morgan fingerprint density at radius 1 is 1.39 bits per heavy atom. The highest BCUT2D eigenvalue weighted by Gasteiger charge is 2.23. The molecular weight excluding hydrogens is 226 g/mol. The molecule has 2 rings (SSSR count). The van der Waals surface area contributed by atoms with Crippen molar-refractivity contribution >= 4 is 0 Å². The standard InChI is InChI=1S/C14H23N3O/c1-3-10-4-6-11(7-5-10)14-16-12(9-15-2)8-13(18)17-14/h8,10-11,15H,3-7,9H2,1-2H3,(H,16,17,18). The van der Waals surface area contributed by atoms with E-state index in [4.69, 9.17) is 0 Å². The van der Waals surface area contributed by atoms with Crippen molar-refractivity contribution in [3.8, 4) is 0 Å². The molecule has 0 aliphatic heterocycles. The first kappa shape index (κ1) is 13.3. The van der Waals surface area contributed by atoms with Gasteiger partial charge in [-0.2, -0.15) is 0 Å². The summed E-state index contributed by atoms with van der Waals surface area (Å²) >= 11 is 0. The van der Waals surface area contributed by atoms with Crippen LogP contribution in [0.5, 0.6) is 0 Å². The van der Waals surface area contributed by atoms with Crippen LogP contribution in [0.15, 0.2) is 10.9 Å². The number of nitrogens with one attached hydrogen (secondary N) is 2. The van der Waals surface area contributed by atoms with Gasteiger partial charge in [0.1, 0.15) is 5.82 Å². The van der Waals surface area contributed by atoms with Crippen molar-refractivity contribution in [3.05, 3.63) is 27.9 Å². The van der Waals surface area contributed by atoms with E-state index in [1.807, 2.05) is 7.05 Å². The van der Waals surface area contributed by atoms with Crippen molar-refractivity contribution in [3.63, 3.8) is 0 Å². The van der Waals surface area contributed by atoms with Crippen LogP contribution in [-0.4, -0.2) is 17.0 Å². The zero-order chi connectivity index (χ0) is 13.0. The van der Waals surface area contributed by atoms with Crippen molar-refractivity contribution < 1.29 is 0 Å². The second kappa shape index (κ2) is 6.14. The summed E-state index contributed by atoms with van der Waals surface area (Å²) in [5, 5.41) is 3.04. The molecule has 0 saturated heterocycles. The van der Waals surface area contributed by atoms with Crippen LogP contribution in [0.3, 0.4) is 0 Å². The third kappa shape index (κ3) is 3.19. The largest absolute Gasteiger partial charge is 0.314 e. The van der Waals surface area contributed by atoms with E-state index in [0.717, 1.165) is 30.3 Å². The molecule has 1 aliphatic rings. The number of aromatic amines is 1. The number of hydrogen-bond donors (Lipinski definition) is 2. The SMILES string of the molecule is CCC1CCC(c2nc(CNC)cc(=O)[nH]2)CC1. The van der Waals surface area contributed by atoms with E-state index in [-0.39, 0.29) is 5.56 Å². The lowest BCUT2D eigenvalue weighted by Gasteiger charge is -2.27. The van der Waals surface area contributed by atoms with Gasteiger partial charge in [0, 0.05) is 18.5 Å². The minimum atomic E-state index is -0.0251. The fourth-order valence-corrected chi connectivity index (χ4v) is 2.84. The zero-order valence-electron chi connectivity index (χ0n) is 11.3. The summed E-state index contributed by atoms with van der Waals surface area (Å²) in [5.74, 6) is 2.20. The maximum atomic E-state index is 11.6.